The third-order valence-electron chi connectivity index (χ3n) is 4.33. The van der Waals surface area contributed by atoms with E-state index in [1.165, 1.54) is 58.7 Å². The monoisotopic (exact) mass is 269 g/mol. The van der Waals surface area contributed by atoms with Crippen molar-refractivity contribution in [1.82, 2.24) is 15.5 Å². The first kappa shape index (κ1) is 14.6. The summed E-state index contributed by atoms with van der Waals surface area (Å²) in [6, 6.07) is 1.29. The van der Waals surface area contributed by atoms with Crippen LogP contribution in [0.15, 0.2) is 0 Å². The Balaban J connectivity index is 1.71. The molecule has 1 heterocycles. The van der Waals surface area contributed by atoms with Gasteiger partial charge in [0.05, 0.1) is 7.11 Å². The Hall–Kier alpha value is -0.810. The number of hydrogen-bond acceptors (Lipinski definition) is 4. The number of rotatable bonds is 5. The molecular weight excluding hydrogens is 242 g/mol. The van der Waals surface area contributed by atoms with Crippen molar-refractivity contribution in [2.75, 3.05) is 33.3 Å². The van der Waals surface area contributed by atoms with Crippen molar-refractivity contribution < 1.29 is 9.53 Å². The molecule has 1 amide bonds. The molecule has 0 radical (unpaired) electrons. The molecule has 1 aliphatic carbocycles. The average molecular weight is 269 g/mol. The lowest BCUT2D eigenvalue weighted by Gasteiger charge is -2.38. The Bertz CT molecular complexity index is 280. The molecule has 0 spiro atoms. The molecule has 2 aliphatic rings. The smallest absolute Gasteiger partial charge is 0.406 e. The van der Waals surface area contributed by atoms with Crippen LogP contribution in [0.3, 0.4) is 0 Å². The number of nitrogens with one attached hydrogen (secondary N) is 2. The van der Waals surface area contributed by atoms with E-state index >= 15 is 0 Å². The molecule has 2 atom stereocenters. The molecule has 5 nitrogen and oxygen atoms in total. The van der Waals surface area contributed by atoms with E-state index in [2.05, 4.69) is 20.3 Å². The third kappa shape index (κ3) is 4.35. The lowest BCUT2D eigenvalue weighted by Crippen LogP contribution is -2.52. The molecule has 1 aliphatic heterocycles. The highest BCUT2D eigenvalue weighted by atomic mass is 16.5. The van der Waals surface area contributed by atoms with Gasteiger partial charge in [0.2, 0.25) is 0 Å². The molecular formula is C14H27N3O2. The second-order valence-corrected chi connectivity index (χ2v) is 5.57. The van der Waals surface area contributed by atoms with Gasteiger partial charge in [-0.2, -0.15) is 0 Å². The van der Waals surface area contributed by atoms with Gasteiger partial charge in [-0.05, 0) is 38.8 Å². The number of ether oxygens (including phenoxy) is 1. The number of nitrogens with zero attached hydrogens (tertiary/aromatic N) is 1. The second kappa shape index (κ2) is 7.70. The van der Waals surface area contributed by atoms with Crippen molar-refractivity contribution in [3.05, 3.63) is 0 Å². The van der Waals surface area contributed by atoms with Crippen LogP contribution in [0.2, 0.25) is 0 Å². The summed E-state index contributed by atoms with van der Waals surface area (Å²) in [6.45, 7) is 3.99. The normalized spacial score (nSPS) is 28.3. The molecule has 0 aromatic carbocycles. The Morgan fingerprint density at radius 1 is 1.16 bits per heavy atom. The van der Waals surface area contributed by atoms with Gasteiger partial charge in [-0.3, -0.25) is 4.90 Å². The quantitative estimate of drug-likeness (QED) is 0.740. The summed E-state index contributed by atoms with van der Waals surface area (Å²) < 4.78 is 4.56. The van der Waals surface area contributed by atoms with Gasteiger partial charge in [0.15, 0.2) is 0 Å². The van der Waals surface area contributed by atoms with Crippen LogP contribution in [0.1, 0.15) is 38.5 Å². The Kier molecular flexibility index (Phi) is 5.92. The summed E-state index contributed by atoms with van der Waals surface area (Å²) in [5.41, 5.74) is 0. The van der Waals surface area contributed by atoms with E-state index in [0.29, 0.717) is 18.6 Å². The maximum atomic E-state index is 11.0. The summed E-state index contributed by atoms with van der Waals surface area (Å²) in [5.74, 6) is 0. The molecule has 5 heteroatoms. The summed E-state index contributed by atoms with van der Waals surface area (Å²) in [7, 11) is 1.40. The summed E-state index contributed by atoms with van der Waals surface area (Å²) >= 11 is 0. The first-order valence-electron chi connectivity index (χ1n) is 7.60. The largest absolute Gasteiger partial charge is 0.453 e. The van der Waals surface area contributed by atoms with Crippen LogP contribution < -0.4 is 10.6 Å². The lowest BCUT2D eigenvalue weighted by molar-refractivity contribution is 0.147. The molecule has 2 rings (SSSR count). The molecule has 1 saturated heterocycles. The van der Waals surface area contributed by atoms with Crippen LogP contribution in [0, 0.1) is 0 Å². The Morgan fingerprint density at radius 3 is 2.63 bits per heavy atom. The number of methoxy groups -OCH3 is 1. The number of carbonyl (C=O) groups is 1. The minimum atomic E-state index is -0.346. The van der Waals surface area contributed by atoms with Crippen LogP contribution >= 0.6 is 0 Å². The van der Waals surface area contributed by atoms with Crippen molar-refractivity contribution in [3.8, 4) is 0 Å². The Morgan fingerprint density at radius 2 is 1.89 bits per heavy atom. The van der Waals surface area contributed by atoms with E-state index in [9.17, 15) is 4.79 Å². The van der Waals surface area contributed by atoms with Gasteiger partial charge in [-0.1, -0.05) is 12.8 Å². The Labute approximate surface area is 116 Å². The van der Waals surface area contributed by atoms with Crippen molar-refractivity contribution in [1.29, 1.82) is 0 Å². The maximum absolute atomic E-state index is 11.0. The second-order valence-electron chi connectivity index (χ2n) is 5.57. The topological polar surface area (TPSA) is 53.6 Å². The van der Waals surface area contributed by atoms with Crippen molar-refractivity contribution in [2.45, 2.75) is 50.6 Å². The van der Waals surface area contributed by atoms with Gasteiger partial charge < -0.3 is 15.4 Å². The molecule has 110 valence electrons. The fraction of sp³-hybridized carbons (Fsp3) is 0.929. The standard InChI is InChI=1S/C14H27N3O2/c1-19-14(18)16-9-8-15-12-6-2-3-7-13(12)17-10-4-5-11-17/h12-13,15H,2-11H2,1H3,(H,16,18)/t12-,13-/m0/s1. The number of likely N-dealkylation sites (tertiary alicyclic amines) is 1. The zero-order chi connectivity index (χ0) is 13.5. The molecule has 0 aromatic heterocycles. The van der Waals surface area contributed by atoms with Gasteiger partial charge in [0, 0.05) is 25.2 Å². The first-order chi connectivity index (χ1) is 9.31. The van der Waals surface area contributed by atoms with Crippen molar-refractivity contribution in [2.24, 2.45) is 0 Å². The first-order valence-corrected chi connectivity index (χ1v) is 7.60. The zero-order valence-corrected chi connectivity index (χ0v) is 12.0. The molecule has 1 saturated carbocycles. The number of hydrogen-bond donors (Lipinski definition) is 2. The highest BCUT2D eigenvalue weighted by Gasteiger charge is 2.30. The van der Waals surface area contributed by atoms with Crippen LogP contribution in [-0.4, -0.2) is 56.4 Å². The SMILES string of the molecule is COC(=O)NCCN[C@H]1CCCC[C@@H]1N1CCCC1. The lowest BCUT2D eigenvalue weighted by atomic mass is 9.89. The van der Waals surface area contributed by atoms with Crippen LogP contribution in [-0.2, 0) is 4.74 Å². The van der Waals surface area contributed by atoms with Gasteiger partial charge in [-0.15, -0.1) is 0 Å². The van der Waals surface area contributed by atoms with Gasteiger partial charge >= 0.3 is 6.09 Å². The summed E-state index contributed by atoms with van der Waals surface area (Å²) in [5, 5.41) is 6.34. The molecule has 0 aromatic rings. The minimum absolute atomic E-state index is 0.346. The number of alkyl carbamates (subject to hydrolysis) is 1. The molecule has 2 N–H and O–H groups in total. The van der Waals surface area contributed by atoms with E-state index < -0.39 is 0 Å². The summed E-state index contributed by atoms with van der Waals surface area (Å²) in [6.07, 6.45) is 7.63. The van der Waals surface area contributed by atoms with E-state index in [4.69, 9.17) is 0 Å². The van der Waals surface area contributed by atoms with E-state index in [1.807, 2.05) is 0 Å². The number of carbonyl (C=O) groups excluding carboxylic acids is 1. The van der Waals surface area contributed by atoms with Gasteiger partial charge in [0.25, 0.3) is 0 Å². The molecule has 2 fully saturated rings. The van der Waals surface area contributed by atoms with Crippen LogP contribution in [0.25, 0.3) is 0 Å². The van der Waals surface area contributed by atoms with Crippen LogP contribution in [0.4, 0.5) is 4.79 Å². The highest BCUT2D eigenvalue weighted by molar-refractivity contribution is 5.66. The zero-order valence-electron chi connectivity index (χ0n) is 12.0. The molecule has 0 unspecified atom stereocenters. The van der Waals surface area contributed by atoms with Gasteiger partial charge in [-0.25, -0.2) is 4.79 Å². The summed E-state index contributed by atoms with van der Waals surface area (Å²) in [4.78, 5) is 13.6. The van der Waals surface area contributed by atoms with E-state index in [0.717, 1.165) is 6.54 Å². The third-order valence-corrected chi connectivity index (χ3v) is 4.33. The maximum Gasteiger partial charge on any atom is 0.406 e. The number of amides is 1. The van der Waals surface area contributed by atoms with Crippen LogP contribution in [0.5, 0.6) is 0 Å². The molecule has 19 heavy (non-hydrogen) atoms. The predicted octanol–water partition coefficient (Wildman–Crippen LogP) is 1.34. The van der Waals surface area contributed by atoms with Crippen molar-refractivity contribution >= 4 is 6.09 Å². The van der Waals surface area contributed by atoms with E-state index in [-0.39, 0.29) is 6.09 Å². The molecule has 0 bridgehead atoms. The minimum Gasteiger partial charge on any atom is -0.453 e. The highest BCUT2D eigenvalue weighted by Crippen LogP contribution is 2.26. The van der Waals surface area contributed by atoms with Crippen molar-refractivity contribution in [3.63, 3.8) is 0 Å². The fourth-order valence-corrected chi connectivity index (χ4v) is 3.35. The van der Waals surface area contributed by atoms with Gasteiger partial charge in [0.1, 0.15) is 0 Å². The average Bonchev–Trinajstić information content (AvgIpc) is 2.97. The fourth-order valence-electron chi connectivity index (χ4n) is 3.35. The van der Waals surface area contributed by atoms with E-state index in [1.54, 1.807) is 0 Å². The predicted molar refractivity (Wildman–Crippen MR) is 75.3 cm³/mol.